The third-order valence-electron chi connectivity index (χ3n) is 5.36. The van der Waals surface area contributed by atoms with Crippen LogP contribution in [0.2, 0.25) is 0 Å². The Morgan fingerprint density at radius 3 is 2.72 bits per heavy atom. The number of ether oxygens (including phenoxy) is 2. The molecule has 4 atom stereocenters. The van der Waals surface area contributed by atoms with Crippen molar-refractivity contribution in [1.29, 1.82) is 0 Å². The second kappa shape index (κ2) is 7.46. The first-order chi connectivity index (χ1) is 14.0. The fourth-order valence-electron chi connectivity index (χ4n) is 3.64. The monoisotopic (exact) mass is 394 g/mol. The van der Waals surface area contributed by atoms with Crippen LogP contribution in [0.3, 0.4) is 0 Å². The molecule has 1 aromatic carbocycles. The van der Waals surface area contributed by atoms with E-state index < -0.39 is 24.0 Å². The number of aliphatic hydroxyl groups is 2. The van der Waals surface area contributed by atoms with Crippen LogP contribution in [0.5, 0.6) is 0 Å². The van der Waals surface area contributed by atoms with Crippen molar-refractivity contribution in [3.63, 3.8) is 0 Å². The molecular weight excluding hydrogens is 372 g/mol. The van der Waals surface area contributed by atoms with E-state index in [9.17, 15) is 10.2 Å². The second-order valence-corrected chi connectivity index (χ2v) is 7.07. The number of nitrogens with two attached hydrogens (primary N) is 1. The number of aromatic nitrogens is 3. The van der Waals surface area contributed by atoms with E-state index in [1.165, 1.54) is 13.4 Å². The molecule has 3 unspecified atom stereocenters. The molecule has 1 fully saturated rings. The van der Waals surface area contributed by atoms with E-state index in [2.05, 4.69) is 21.8 Å². The molecule has 2 aromatic heterocycles. The van der Waals surface area contributed by atoms with Crippen molar-refractivity contribution >= 4 is 16.9 Å². The lowest BCUT2D eigenvalue weighted by atomic mass is 9.96. The molecule has 29 heavy (non-hydrogen) atoms. The van der Waals surface area contributed by atoms with E-state index in [-0.39, 0.29) is 6.61 Å². The summed E-state index contributed by atoms with van der Waals surface area (Å²) in [5.74, 6) is 6.54. The molecule has 0 saturated carbocycles. The Labute approximate surface area is 167 Å². The Hall–Kier alpha value is -2.96. The van der Waals surface area contributed by atoms with E-state index in [1.54, 1.807) is 17.7 Å². The highest BCUT2D eigenvalue weighted by Crippen LogP contribution is 2.42. The van der Waals surface area contributed by atoms with Gasteiger partial charge in [-0.3, -0.25) is 0 Å². The zero-order valence-electron chi connectivity index (χ0n) is 16.1. The van der Waals surface area contributed by atoms with Crippen LogP contribution in [-0.2, 0) is 9.47 Å². The summed E-state index contributed by atoms with van der Waals surface area (Å²) in [7, 11) is 1.49. The number of hydrogen-bond acceptors (Lipinski definition) is 7. The van der Waals surface area contributed by atoms with Crippen molar-refractivity contribution < 1.29 is 19.7 Å². The first-order valence-corrected chi connectivity index (χ1v) is 9.17. The van der Waals surface area contributed by atoms with Gasteiger partial charge in [-0.05, 0) is 19.1 Å². The smallest absolute Gasteiger partial charge is 0.167 e. The van der Waals surface area contributed by atoms with Gasteiger partial charge in [-0.15, -0.1) is 0 Å². The minimum Gasteiger partial charge on any atom is -0.394 e. The van der Waals surface area contributed by atoms with Crippen molar-refractivity contribution in [1.82, 2.24) is 14.5 Å². The van der Waals surface area contributed by atoms with E-state index in [1.807, 2.05) is 30.3 Å². The summed E-state index contributed by atoms with van der Waals surface area (Å²) >= 11 is 0. The topological polar surface area (TPSA) is 116 Å². The number of aliphatic hydroxyl groups excluding tert-OH is 2. The Balaban J connectivity index is 1.87. The van der Waals surface area contributed by atoms with Crippen LogP contribution < -0.4 is 5.73 Å². The van der Waals surface area contributed by atoms with Crippen LogP contribution in [0.1, 0.15) is 24.3 Å². The number of methoxy groups -OCH3 is 1. The molecule has 1 saturated heterocycles. The van der Waals surface area contributed by atoms with Gasteiger partial charge in [0.15, 0.2) is 6.23 Å². The van der Waals surface area contributed by atoms with Crippen LogP contribution in [0.4, 0.5) is 5.82 Å². The number of nitrogen functional groups attached to an aromatic ring is 1. The Morgan fingerprint density at radius 2 is 2.03 bits per heavy atom. The highest BCUT2D eigenvalue weighted by atomic mass is 16.6. The molecular formula is C21H22N4O4. The van der Waals surface area contributed by atoms with E-state index in [0.29, 0.717) is 22.4 Å². The number of rotatable bonds is 3. The lowest BCUT2D eigenvalue weighted by Crippen LogP contribution is -2.46. The molecule has 3 aromatic rings. The fourth-order valence-corrected chi connectivity index (χ4v) is 3.64. The fraction of sp³-hybridized carbons (Fsp3) is 0.333. The van der Waals surface area contributed by atoms with Crippen molar-refractivity contribution in [3.8, 4) is 11.8 Å². The second-order valence-electron chi connectivity index (χ2n) is 7.07. The van der Waals surface area contributed by atoms with Crippen LogP contribution >= 0.6 is 0 Å². The van der Waals surface area contributed by atoms with Gasteiger partial charge >= 0.3 is 0 Å². The predicted octanol–water partition coefficient (Wildman–Crippen LogP) is 1.07. The predicted molar refractivity (Wildman–Crippen MR) is 107 cm³/mol. The largest absolute Gasteiger partial charge is 0.394 e. The summed E-state index contributed by atoms with van der Waals surface area (Å²) in [6.07, 6.45) is 0.559. The van der Waals surface area contributed by atoms with E-state index >= 15 is 0 Å². The van der Waals surface area contributed by atoms with Gasteiger partial charge in [0.25, 0.3) is 0 Å². The van der Waals surface area contributed by atoms with Crippen molar-refractivity contribution in [2.24, 2.45) is 0 Å². The summed E-state index contributed by atoms with van der Waals surface area (Å²) in [5.41, 5.74) is 7.02. The molecule has 0 radical (unpaired) electrons. The molecule has 1 aliphatic rings. The third kappa shape index (κ3) is 3.14. The lowest BCUT2D eigenvalue weighted by molar-refractivity contribution is -0.118. The highest BCUT2D eigenvalue weighted by molar-refractivity contribution is 5.92. The molecule has 0 spiro atoms. The number of fused-ring (bicyclic) bond motifs is 1. The summed E-state index contributed by atoms with van der Waals surface area (Å²) in [6, 6.07) is 9.58. The molecule has 0 bridgehead atoms. The van der Waals surface area contributed by atoms with Crippen LogP contribution in [0, 0.1) is 11.8 Å². The Bertz CT molecular complexity index is 1090. The van der Waals surface area contributed by atoms with Crippen molar-refractivity contribution in [2.45, 2.75) is 31.0 Å². The van der Waals surface area contributed by atoms with Crippen LogP contribution in [-0.4, -0.2) is 56.3 Å². The van der Waals surface area contributed by atoms with Gasteiger partial charge in [0, 0.05) is 18.9 Å². The SMILES string of the molecule is COC1(C)C(O)C(CO)O[C@H]1n1cc(C#Cc2ccccc2)c2c(N)ncnc21. The number of anilines is 1. The molecule has 150 valence electrons. The van der Waals surface area contributed by atoms with Gasteiger partial charge in [0.1, 0.15) is 35.6 Å². The third-order valence-corrected chi connectivity index (χ3v) is 5.36. The van der Waals surface area contributed by atoms with Gasteiger partial charge in [0.05, 0.1) is 17.6 Å². The van der Waals surface area contributed by atoms with Gasteiger partial charge in [-0.2, -0.15) is 0 Å². The van der Waals surface area contributed by atoms with Crippen molar-refractivity contribution in [2.75, 3.05) is 19.5 Å². The van der Waals surface area contributed by atoms with Crippen LogP contribution in [0.25, 0.3) is 11.0 Å². The maximum Gasteiger partial charge on any atom is 0.167 e. The molecule has 8 nitrogen and oxygen atoms in total. The molecule has 1 aliphatic heterocycles. The minimum atomic E-state index is -1.11. The first kappa shape index (κ1) is 19.4. The molecule has 4 rings (SSSR count). The first-order valence-electron chi connectivity index (χ1n) is 9.17. The molecule has 0 aliphatic carbocycles. The summed E-state index contributed by atoms with van der Waals surface area (Å²) in [6.45, 7) is 1.39. The normalized spacial score (nSPS) is 26.4. The van der Waals surface area contributed by atoms with Gasteiger partial charge in [-0.25, -0.2) is 9.97 Å². The zero-order valence-corrected chi connectivity index (χ0v) is 16.1. The Kier molecular flexibility index (Phi) is 4.98. The van der Waals surface area contributed by atoms with E-state index in [0.717, 1.165) is 5.56 Å². The minimum absolute atomic E-state index is 0.294. The summed E-state index contributed by atoms with van der Waals surface area (Å²) in [5, 5.41) is 20.8. The number of benzene rings is 1. The quantitative estimate of drug-likeness (QED) is 0.569. The average Bonchev–Trinajstić information content (AvgIpc) is 3.24. The van der Waals surface area contributed by atoms with Gasteiger partial charge in [-0.1, -0.05) is 30.0 Å². The highest BCUT2D eigenvalue weighted by Gasteiger charge is 2.54. The molecule has 0 amide bonds. The summed E-state index contributed by atoms with van der Waals surface area (Å²) < 4.78 is 13.3. The van der Waals surface area contributed by atoms with Crippen LogP contribution in [0.15, 0.2) is 42.9 Å². The molecule has 4 N–H and O–H groups in total. The standard InChI is InChI=1S/C21H22N4O4/c1-21(28-2)17(27)15(11-26)29-20(21)25-10-14(9-8-13-6-4-3-5-7-13)16-18(22)23-12-24-19(16)25/h3-7,10,12,15,17,20,26-27H,11H2,1-2H3,(H2,22,23,24)/t15?,17?,20-,21?/m1/s1. The molecule has 8 heteroatoms. The number of hydrogen-bond donors (Lipinski definition) is 3. The average molecular weight is 394 g/mol. The zero-order chi connectivity index (χ0) is 20.6. The molecule has 3 heterocycles. The lowest BCUT2D eigenvalue weighted by Gasteiger charge is -2.31. The Morgan fingerprint density at radius 1 is 1.28 bits per heavy atom. The van der Waals surface area contributed by atoms with Crippen molar-refractivity contribution in [3.05, 3.63) is 54.0 Å². The number of nitrogens with zero attached hydrogens (tertiary/aromatic N) is 3. The van der Waals surface area contributed by atoms with Gasteiger partial charge in [0.2, 0.25) is 0 Å². The maximum absolute atomic E-state index is 10.6. The van der Waals surface area contributed by atoms with Gasteiger partial charge < -0.3 is 30.0 Å². The summed E-state index contributed by atoms with van der Waals surface area (Å²) in [4.78, 5) is 8.45. The maximum atomic E-state index is 10.6. The van der Waals surface area contributed by atoms with E-state index in [4.69, 9.17) is 15.2 Å².